The van der Waals surface area contributed by atoms with Crippen LogP contribution in [0.15, 0.2) is 176 Å². The Morgan fingerprint density at radius 3 is 2.12 bits per heavy atom. The van der Waals surface area contributed by atoms with Crippen LogP contribution in [0.2, 0.25) is 0 Å². The van der Waals surface area contributed by atoms with E-state index in [-0.39, 0.29) is 29.1 Å². The Kier molecular flexibility index (Phi) is 13.3. The summed E-state index contributed by atoms with van der Waals surface area (Å²) in [6.45, 7) is -0.0382. The Hall–Kier alpha value is -6.72. The summed E-state index contributed by atoms with van der Waals surface area (Å²) in [6, 6.07) is 45.4. The van der Waals surface area contributed by atoms with Crippen LogP contribution in [0, 0.1) is 0 Å². The van der Waals surface area contributed by atoms with Gasteiger partial charge in [-0.15, -0.1) is 46.2 Å². The molecule has 0 radical (unpaired) electrons. The number of thiazole rings is 1. The Bertz CT molecular complexity index is 2920. The predicted octanol–water partition coefficient (Wildman–Crippen LogP) is 8.67. The molecule has 9 rings (SSSR count). The average molecular weight is 952 g/mol. The molecule has 0 aliphatic carbocycles. The van der Waals surface area contributed by atoms with Crippen molar-refractivity contribution in [2.24, 2.45) is 5.16 Å². The molecule has 66 heavy (non-hydrogen) atoms. The molecule has 2 atom stereocenters. The van der Waals surface area contributed by atoms with E-state index in [9.17, 15) is 19.2 Å². The number of β-lactam (4-membered cyclic amide) rings is 1. The van der Waals surface area contributed by atoms with E-state index in [0.29, 0.717) is 33.3 Å². The topological polar surface area (TPSA) is 149 Å². The summed E-state index contributed by atoms with van der Waals surface area (Å²) in [6.07, 6.45) is 0. The summed E-state index contributed by atoms with van der Waals surface area (Å²) < 4.78 is 12.7. The fourth-order valence-electron chi connectivity index (χ4n) is 7.92. The summed E-state index contributed by atoms with van der Waals surface area (Å²) in [5.41, 5.74) is 3.63. The van der Waals surface area contributed by atoms with Crippen LogP contribution in [-0.4, -0.2) is 70.5 Å². The Balaban J connectivity index is 0.962. The number of nitrogens with one attached hydrogen (secondary N) is 2. The first kappa shape index (κ1) is 44.5. The van der Waals surface area contributed by atoms with E-state index < -0.39 is 34.7 Å². The Morgan fingerprint density at radius 1 is 0.848 bits per heavy atom. The lowest BCUT2D eigenvalue weighted by molar-refractivity contribution is -0.153. The maximum Gasteiger partial charge on any atom is 0.355 e. The van der Waals surface area contributed by atoms with Crippen LogP contribution in [0.25, 0.3) is 10.1 Å². The molecule has 2 aliphatic heterocycles. The fraction of sp³-hybridized carbons (Fsp3) is 0.160. The second kappa shape index (κ2) is 19.8. The number of esters is 1. The molecule has 2 amide bonds. The van der Waals surface area contributed by atoms with E-state index in [4.69, 9.17) is 19.3 Å². The first-order chi connectivity index (χ1) is 32.3. The molecule has 2 aromatic heterocycles. The molecule has 2 N–H and O–H groups in total. The molecule has 0 spiro atoms. The number of nitrogens with zero attached hydrogens (tertiary/aromatic N) is 3. The zero-order valence-corrected chi connectivity index (χ0v) is 38.8. The van der Waals surface area contributed by atoms with Gasteiger partial charge in [0.05, 0.1) is 11.3 Å². The van der Waals surface area contributed by atoms with Crippen molar-refractivity contribution in [1.82, 2.24) is 15.2 Å². The number of ether oxygens (including phenoxy) is 2. The predicted molar refractivity (Wildman–Crippen MR) is 262 cm³/mol. The van der Waals surface area contributed by atoms with Crippen LogP contribution in [0.3, 0.4) is 0 Å². The van der Waals surface area contributed by atoms with E-state index in [2.05, 4.69) is 52.2 Å². The molecule has 332 valence electrons. The summed E-state index contributed by atoms with van der Waals surface area (Å²) in [7, 11) is 2.91. The third-order valence-corrected chi connectivity index (χ3v) is 15.6. The Labute approximate surface area is 396 Å². The maximum atomic E-state index is 14.2. The van der Waals surface area contributed by atoms with E-state index in [1.807, 2.05) is 72.8 Å². The van der Waals surface area contributed by atoms with Gasteiger partial charge in [-0.1, -0.05) is 120 Å². The molecule has 0 bridgehead atoms. The number of amides is 2. The van der Waals surface area contributed by atoms with Crippen LogP contribution in [0.4, 0.5) is 5.13 Å². The minimum Gasteiger partial charge on any atom is -0.497 e. The highest BCUT2D eigenvalue weighted by Gasteiger charge is 2.55. The number of fused-ring (bicyclic) bond motifs is 2. The van der Waals surface area contributed by atoms with Gasteiger partial charge >= 0.3 is 5.97 Å². The van der Waals surface area contributed by atoms with Crippen LogP contribution < -0.4 is 20.8 Å². The lowest BCUT2D eigenvalue weighted by atomic mass is 9.77. The third kappa shape index (κ3) is 8.96. The minimum absolute atomic E-state index is 0.0382. The number of carbonyl (C=O) groups excluding carboxylic acids is 3. The van der Waals surface area contributed by atoms with Crippen LogP contribution in [0.5, 0.6) is 5.75 Å². The molecular formula is C50H41N5O7S4. The largest absolute Gasteiger partial charge is 0.497 e. The van der Waals surface area contributed by atoms with Crippen molar-refractivity contribution < 1.29 is 28.7 Å². The first-order valence-electron chi connectivity index (χ1n) is 20.7. The number of anilines is 1. The van der Waals surface area contributed by atoms with Crippen molar-refractivity contribution in [2.75, 3.05) is 31.0 Å². The Morgan fingerprint density at radius 2 is 1.48 bits per heavy atom. The average Bonchev–Trinajstić information content (AvgIpc) is 3.83. The molecule has 7 aromatic rings. The van der Waals surface area contributed by atoms with Gasteiger partial charge in [-0.05, 0) is 52.1 Å². The molecule has 1 unspecified atom stereocenters. The molecule has 4 heterocycles. The second-order valence-corrected chi connectivity index (χ2v) is 19.4. The molecule has 1 saturated heterocycles. The van der Waals surface area contributed by atoms with Crippen LogP contribution in [0.1, 0.15) is 27.9 Å². The van der Waals surface area contributed by atoms with Crippen molar-refractivity contribution in [2.45, 2.75) is 27.8 Å². The van der Waals surface area contributed by atoms with Gasteiger partial charge in [0.15, 0.2) is 16.3 Å². The number of aromatic nitrogens is 1. The lowest BCUT2D eigenvalue weighted by Crippen LogP contribution is -2.71. The van der Waals surface area contributed by atoms with E-state index >= 15 is 0 Å². The number of rotatable bonds is 16. The quantitative estimate of drug-likeness (QED) is 0.0240. The first-order valence-corrected chi connectivity index (χ1v) is 24.5. The van der Waals surface area contributed by atoms with Crippen LogP contribution in [-0.2, 0) is 36.1 Å². The fourth-order valence-corrected chi connectivity index (χ4v) is 12.4. The second-order valence-electron chi connectivity index (χ2n) is 15.1. The number of benzene rings is 5. The van der Waals surface area contributed by atoms with Gasteiger partial charge in [-0.2, -0.15) is 0 Å². The van der Waals surface area contributed by atoms with Gasteiger partial charge in [-0.3, -0.25) is 19.3 Å². The molecule has 5 aromatic carbocycles. The van der Waals surface area contributed by atoms with Gasteiger partial charge in [0.2, 0.25) is 0 Å². The standard InChI is InChI=1S/C50H41N5O7S4/c1-60-36-24-22-31(23-25-36)27-62-48(59)44-32(28-63-41-26-39(56)37-20-12-13-21-40(37)66-41)29-64-47-43(46(58)55(44)47)52-45(57)42(54-61-2)38-30-65-49(51-38)53-50(33-14-6-3-7-15-33,34-16-8-4-9-17-34)35-18-10-5-11-19-35/h3-26,30,43,47H,27-29H2,1-2H3,(H,51,53)(H,52,57)/b54-42-/t43?,47-/m1/s1. The highest BCUT2D eigenvalue weighted by molar-refractivity contribution is 8.02. The summed E-state index contributed by atoms with van der Waals surface area (Å²) in [5.74, 6) is -0.463. The summed E-state index contributed by atoms with van der Waals surface area (Å²) >= 11 is 5.64. The van der Waals surface area contributed by atoms with Gasteiger partial charge in [-0.25, -0.2) is 9.78 Å². The third-order valence-electron chi connectivity index (χ3n) is 11.1. The number of hydrogen-bond donors (Lipinski definition) is 2. The molecule has 1 fully saturated rings. The van der Waals surface area contributed by atoms with E-state index in [0.717, 1.165) is 31.2 Å². The highest BCUT2D eigenvalue weighted by atomic mass is 32.2. The lowest BCUT2D eigenvalue weighted by Gasteiger charge is -2.49. The van der Waals surface area contributed by atoms with Crippen molar-refractivity contribution in [3.63, 3.8) is 0 Å². The smallest absolute Gasteiger partial charge is 0.355 e. The molecule has 12 nitrogen and oxygen atoms in total. The van der Waals surface area contributed by atoms with Gasteiger partial charge in [0.1, 0.15) is 47.8 Å². The molecular weight excluding hydrogens is 911 g/mol. The number of methoxy groups -OCH3 is 1. The monoisotopic (exact) mass is 951 g/mol. The maximum absolute atomic E-state index is 14.2. The van der Waals surface area contributed by atoms with Gasteiger partial charge in [0.25, 0.3) is 11.8 Å². The zero-order valence-electron chi connectivity index (χ0n) is 35.5. The van der Waals surface area contributed by atoms with Crippen molar-refractivity contribution in [3.05, 3.63) is 200 Å². The SMILES string of the molecule is CO/N=C(\C(=O)NC1C(=O)N2C(C(=O)OCc3ccc(OC)cc3)=C(CSc3cc(=O)c4ccccc4s3)CS[C@H]12)c1csc(NC(c2ccccc2)(c2ccccc2)c2ccccc2)n1. The van der Waals surface area contributed by atoms with E-state index in [1.54, 1.807) is 48.9 Å². The summed E-state index contributed by atoms with van der Waals surface area (Å²) in [4.78, 5) is 66.8. The minimum atomic E-state index is -0.994. The number of oxime groups is 1. The van der Waals surface area contributed by atoms with E-state index in [1.165, 1.54) is 58.2 Å². The zero-order chi connectivity index (χ0) is 45.6. The highest BCUT2D eigenvalue weighted by Crippen LogP contribution is 2.44. The molecule has 16 heteroatoms. The van der Waals surface area contributed by atoms with Crippen molar-refractivity contribution >= 4 is 84.9 Å². The van der Waals surface area contributed by atoms with Crippen molar-refractivity contribution in [1.29, 1.82) is 0 Å². The van der Waals surface area contributed by atoms with Crippen molar-refractivity contribution in [3.8, 4) is 5.75 Å². The number of thioether (sulfide) groups is 2. The van der Waals surface area contributed by atoms with Crippen LogP contribution >= 0.6 is 46.2 Å². The number of carbonyl (C=O) groups is 3. The van der Waals surface area contributed by atoms with Gasteiger partial charge in [0, 0.05) is 33.0 Å². The molecule has 2 aliphatic rings. The molecule has 0 saturated carbocycles. The summed E-state index contributed by atoms with van der Waals surface area (Å²) in [5, 5.41) is 12.9. The number of hydrogen-bond acceptors (Lipinski definition) is 14. The van der Waals surface area contributed by atoms with Gasteiger partial charge < -0.3 is 24.9 Å². The normalized spacial score (nSPS) is 16.0.